The molecule has 0 spiro atoms. The van der Waals surface area contributed by atoms with Gasteiger partial charge in [0.1, 0.15) is 17.3 Å². The minimum atomic E-state index is -0.296. The van der Waals surface area contributed by atoms with E-state index in [-0.39, 0.29) is 40.4 Å². The fourth-order valence-electron chi connectivity index (χ4n) is 13.8. The van der Waals surface area contributed by atoms with Crippen molar-refractivity contribution in [3.8, 4) is 78.9 Å². The van der Waals surface area contributed by atoms with Crippen molar-refractivity contribution in [3.63, 3.8) is 0 Å². The van der Waals surface area contributed by atoms with Crippen LogP contribution in [0.1, 0.15) is 83.5 Å². The molecule has 0 saturated heterocycles. The lowest BCUT2D eigenvalue weighted by Crippen LogP contribution is -2.34. The Kier molecular flexibility index (Phi) is 10.0. The molecule has 5 heterocycles. The number of para-hydroxylation sites is 5. The molecule has 1 aliphatic heterocycles. The number of pyridine rings is 1. The summed E-state index contributed by atoms with van der Waals surface area (Å²) in [7, 11) is 0. The average Bonchev–Trinajstić information content (AvgIpc) is 1.41. The summed E-state index contributed by atoms with van der Waals surface area (Å²) in [5.74, 6) is 2.19. The second-order valence-corrected chi connectivity index (χ2v) is 25.3. The molecule has 4 aromatic heterocycles. The standard InChI is InChI=1S/C78H63N5O/c1-76(2,3)50-38-41-79-74(43-50)83-70-32-17-13-27-59(70)60-37-35-53(45-73(60)83)84-52-21-18-20-51(44-52)80-48-81-72-42-49(54-22-10-14-29-67(54)82-68-30-15-11-25-57(68)58-26-12-16-31-69(58)82)34-36-61(72)64-47-66-65(77(4,5)39-40-78(66,6)7)46-63(64)56-24-9-8-23-55(56)62-28-19-33-71(80)75(62)81/h8-38,41-47H,39-40H2,1-7H3/i10D,14D,22D,29D. The van der Waals surface area contributed by atoms with Crippen LogP contribution in [-0.4, -0.2) is 18.7 Å². The molecule has 10 aromatic carbocycles. The summed E-state index contributed by atoms with van der Waals surface area (Å²) in [6, 6.07) is 69.3. The Balaban J connectivity index is 0.932. The second-order valence-electron chi connectivity index (χ2n) is 25.3. The van der Waals surface area contributed by atoms with Crippen LogP contribution in [0.3, 0.4) is 0 Å². The van der Waals surface area contributed by atoms with Crippen LogP contribution < -0.4 is 9.30 Å². The molecule has 0 atom stereocenters. The highest BCUT2D eigenvalue weighted by molar-refractivity contribution is 6.11. The molecule has 2 aliphatic rings. The van der Waals surface area contributed by atoms with Gasteiger partial charge < -0.3 is 9.30 Å². The summed E-state index contributed by atoms with van der Waals surface area (Å²) in [5.41, 5.74) is 18.8. The van der Waals surface area contributed by atoms with Crippen molar-refractivity contribution in [1.29, 1.82) is 0 Å². The molecule has 0 fully saturated rings. The van der Waals surface area contributed by atoms with Gasteiger partial charge in [-0.3, -0.25) is 13.7 Å². The van der Waals surface area contributed by atoms with E-state index in [4.69, 9.17) is 9.72 Å². The second kappa shape index (κ2) is 18.4. The fraction of sp³-hybridized carbons (Fsp3) is 0.154. The maximum Gasteiger partial charge on any atom is 0.269 e. The maximum absolute atomic E-state index is 9.93. The van der Waals surface area contributed by atoms with Gasteiger partial charge in [-0.25, -0.2) is 4.98 Å². The molecule has 0 N–H and O–H groups in total. The molecule has 0 saturated carbocycles. The van der Waals surface area contributed by atoms with E-state index in [9.17, 15) is 5.48 Å². The third-order valence-corrected chi connectivity index (χ3v) is 18.3. The lowest BCUT2D eigenvalue weighted by molar-refractivity contribution is -0.571. The van der Waals surface area contributed by atoms with Gasteiger partial charge in [-0.15, -0.1) is 0 Å². The number of imidazole rings is 1. The van der Waals surface area contributed by atoms with E-state index in [1.54, 1.807) is 0 Å². The molecule has 0 radical (unpaired) electrons. The third kappa shape index (κ3) is 7.69. The molecule has 1 aliphatic carbocycles. The van der Waals surface area contributed by atoms with Crippen LogP contribution in [0.25, 0.3) is 122 Å². The zero-order valence-electron chi connectivity index (χ0n) is 52.2. The summed E-state index contributed by atoms with van der Waals surface area (Å²) in [4.78, 5) is 4.93. The van der Waals surface area contributed by atoms with Gasteiger partial charge in [0, 0.05) is 39.4 Å². The van der Waals surface area contributed by atoms with E-state index >= 15 is 0 Å². The van der Waals surface area contributed by atoms with Crippen LogP contribution in [0.5, 0.6) is 11.5 Å². The predicted octanol–water partition coefficient (Wildman–Crippen LogP) is 19.7. The summed E-state index contributed by atoms with van der Waals surface area (Å²) in [6.45, 7) is 16.2. The number of ether oxygens (including phenoxy) is 1. The largest absolute Gasteiger partial charge is 0.458 e. The Bertz CT molecular complexity index is 5250. The number of hydrogen-bond donors (Lipinski definition) is 0. The Labute approximate surface area is 495 Å². The van der Waals surface area contributed by atoms with E-state index in [2.05, 4.69) is 214 Å². The maximum atomic E-state index is 9.93. The molecule has 0 bridgehead atoms. The number of fused-ring (bicyclic) bond motifs is 14. The van der Waals surface area contributed by atoms with Crippen LogP contribution in [0, 0.1) is 6.33 Å². The highest BCUT2D eigenvalue weighted by Gasteiger charge is 2.39. The quantitative estimate of drug-likeness (QED) is 0.123. The van der Waals surface area contributed by atoms with Crippen molar-refractivity contribution >= 4 is 54.6 Å². The first-order valence-electron chi connectivity index (χ1n) is 31.2. The first-order chi connectivity index (χ1) is 42.4. The van der Waals surface area contributed by atoms with Crippen molar-refractivity contribution in [2.24, 2.45) is 0 Å². The summed E-state index contributed by atoms with van der Waals surface area (Å²) in [6.07, 6.45) is 7.97. The van der Waals surface area contributed by atoms with Crippen molar-refractivity contribution in [2.45, 2.75) is 77.6 Å². The van der Waals surface area contributed by atoms with E-state index < -0.39 is 0 Å². The van der Waals surface area contributed by atoms with Gasteiger partial charge >= 0.3 is 0 Å². The number of rotatable bonds is 6. The van der Waals surface area contributed by atoms with Crippen LogP contribution in [0.2, 0.25) is 0 Å². The third-order valence-electron chi connectivity index (χ3n) is 18.3. The Hall–Kier alpha value is -9.78. The number of benzene rings is 10. The molecule has 84 heavy (non-hydrogen) atoms. The first-order valence-corrected chi connectivity index (χ1v) is 29.2. The minimum absolute atomic E-state index is 0.0629. The molecular weight excluding hydrogens is 1020 g/mol. The highest BCUT2D eigenvalue weighted by atomic mass is 16.5. The Morgan fingerprint density at radius 3 is 1.79 bits per heavy atom. The van der Waals surface area contributed by atoms with Crippen molar-refractivity contribution < 1.29 is 14.8 Å². The van der Waals surface area contributed by atoms with Gasteiger partial charge in [0.2, 0.25) is 0 Å². The van der Waals surface area contributed by atoms with Gasteiger partial charge in [0.05, 0.1) is 55.6 Å². The number of hydrogen-bond acceptors (Lipinski definition) is 2. The number of aromatic nitrogens is 5. The lowest BCUT2D eigenvalue weighted by atomic mass is 9.62. The van der Waals surface area contributed by atoms with Crippen molar-refractivity contribution in [3.05, 3.63) is 254 Å². The molecule has 0 unspecified atom stereocenters. The molecular formula is C78H63N5O. The van der Waals surface area contributed by atoms with Gasteiger partial charge in [0.15, 0.2) is 0 Å². The molecule has 6 heteroatoms. The average molecular weight is 1090 g/mol. The minimum Gasteiger partial charge on any atom is -0.458 e. The lowest BCUT2D eigenvalue weighted by Gasteiger charge is -2.42. The highest BCUT2D eigenvalue weighted by Crippen LogP contribution is 2.52. The van der Waals surface area contributed by atoms with E-state index in [1.807, 2.05) is 65.4 Å². The molecule has 406 valence electrons. The van der Waals surface area contributed by atoms with Crippen molar-refractivity contribution in [1.82, 2.24) is 18.7 Å². The predicted molar refractivity (Wildman–Crippen MR) is 346 cm³/mol. The zero-order chi connectivity index (χ0) is 60.3. The number of nitrogens with zero attached hydrogens (tertiary/aromatic N) is 5. The molecule has 6 nitrogen and oxygen atoms in total. The van der Waals surface area contributed by atoms with Crippen LogP contribution in [-0.2, 0) is 16.2 Å². The molecule has 14 aromatic rings. The zero-order valence-corrected chi connectivity index (χ0v) is 48.2. The Morgan fingerprint density at radius 2 is 1.08 bits per heavy atom. The first kappa shape index (κ1) is 45.8. The van der Waals surface area contributed by atoms with Crippen LogP contribution >= 0.6 is 0 Å². The van der Waals surface area contributed by atoms with E-state index in [1.165, 1.54) is 16.7 Å². The molecule has 0 amide bonds. The monoisotopic (exact) mass is 1090 g/mol. The summed E-state index contributed by atoms with van der Waals surface area (Å²) in [5, 5.41) is 4.24. The summed E-state index contributed by atoms with van der Waals surface area (Å²) >= 11 is 0. The van der Waals surface area contributed by atoms with Crippen LogP contribution in [0.4, 0.5) is 0 Å². The topological polar surface area (TPSA) is 40.8 Å². The summed E-state index contributed by atoms with van der Waals surface area (Å²) < 4.78 is 53.8. The van der Waals surface area contributed by atoms with Gasteiger partial charge in [0.25, 0.3) is 6.33 Å². The Morgan fingerprint density at radius 1 is 0.500 bits per heavy atom. The van der Waals surface area contributed by atoms with E-state index in [0.29, 0.717) is 28.3 Å². The van der Waals surface area contributed by atoms with Gasteiger partial charge in [-0.2, -0.15) is 0 Å². The molecule has 16 rings (SSSR count). The van der Waals surface area contributed by atoms with Gasteiger partial charge in [-0.05, 0) is 164 Å². The van der Waals surface area contributed by atoms with Crippen molar-refractivity contribution in [2.75, 3.05) is 0 Å². The SMILES string of the molecule is [2H]c1c([2H])c([2H])c(-n2c3ccccc3c3ccccc32)c(-c2ccc3c(c2)-[n+]2[c-]n(-c4cccc(Oc5ccc6c7ccccc7n(-c7cc(C(C)(C)C)ccn7)c6c5)c4)c4cccc(c42)-c2ccccc2-c2cc4c(cc2-3)C(C)(C)CCC4(C)C)c1[2H]. The normalized spacial score (nSPS) is 14.9. The van der Waals surface area contributed by atoms with E-state index in [0.717, 1.165) is 118 Å². The fourth-order valence-corrected chi connectivity index (χ4v) is 13.8. The smallest absolute Gasteiger partial charge is 0.269 e. The van der Waals surface area contributed by atoms with Crippen LogP contribution in [0.15, 0.2) is 231 Å². The van der Waals surface area contributed by atoms with Gasteiger partial charge in [-0.1, -0.05) is 188 Å².